The van der Waals surface area contributed by atoms with Crippen LogP contribution in [0, 0.1) is 6.92 Å². The number of H-pyrrole nitrogens is 1. The highest BCUT2D eigenvalue weighted by Gasteiger charge is 2.19. The number of amides is 1. The van der Waals surface area contributed by atoms with Crippen LogP contribution < -0.4 is 20.7 Å². The molecule has 0 spiro atoms. The number of carbonyl (C=O) groups is 2. The van der Waals surface area contributed by atoms with Gasteiger partial charge in [-0.3, -0.25) is 15.1 Å². The quantitative estimate of drug-likeness (QED) is 0.282. The molecule has 1 unspecified atom stereocenters. The Balaban J connectivity index is 1.24. The zero-order valence-corrected chi connectivity index (χ0v) is 19.6. The van der Waals surface area contributed by atoms with Crippen molar-refractivity contribution in [3.05, 3.63) is 53.6 Å². The summed E-state index contributed by atoms with van der Waals surface area (Å²) >= 11 is 0. The first-order valence-electron chi connectivity index (χ1n) is 11.7. The second kappa shape index (κ2) is 11.4. The summed E-state index contributed by atoms with van der Waals surface area (Å²) in [6, 6.07) is 12.3. The third-order valence-electron chi connectivity index (χ3n) is 5.58. The average Bonchev–Trinajstić information content (AvgIpc) is 3.24. The van der Waals surface area contributed by atoms with Gasteiger partial charge in [0.15, 0.2) is 5.96 Å². The van der Waals surface area contributed by atoms with Gasteiger partial charge in [0, 0.05) is 25.9 Å². The Bertz CT molecular complexity index is 1200. The van der Waals surface area contributed by atoms with Crippen molar-refractivity contribution in [1.29, 1.82) is 0 Å². The van der Waals surface area contributed by atoms with Crippen LogP contribution in [-0.2, 0) is 16.0 Å². The first-order valence-corrected chi connectivity index (χ1v) is 11.7. The molecule has 4 rings (SSSR count). The number of nitrogens with one attached hydrogen (secondary N) is 4. The van der Waals surface area contributed by atoms with Crippen molar-refractivity contribution < 1.29 is 19.4 Å². The number of aromatic nitrogens is 2. The molecular weight excluding hydrogens is 448 g/mol. The smallest absolute Gasteiger partial charge is 0.326 e. The topological polar surface area (TPSA) is 141 Å². The zero-order valence-electron chi connectivity index (χ0n) is 19.6. The number of aliphatic carboxylic acids is 1. The number of carboxylic acids is 1. The maximum absolute atomic E-state index is 12.0. The lowest BCUT2D eigenvalue weighted by Crippen LogP contribution is -2.43. The normalized spacial score (nSPS) is 14.0. The Labute approximate surface area is 203 Å². The summed E-state index contributed by atoms with van der Waals surface area (Å²) in [7, 11) is 0. The minimum absolute atomic E-state index is 0.0936. The number of guanidine groups is 1. The molecule has 1 aliphatic rings. The van der Waals surface area contributed by atoms with Gasteiger partial charge in [-0.25, -0.2) is 9.78 Å². The third kappa shape index (κ3) is 6.95. The number of carboxylic acid groups (broad SMARTS) is 1. The molecule has 5 N–H and O–H groups in total. The maximum atomic E-state index is 12.0. The number of imidazole rings is 1. The van der Waals surface area contributed by atoms with Gasteiger partial charge in [-0.05, 0) is 55.2 Å². The fourth-order valence-corrected chi connectivity index (χ4v) is 3.75. The van der Waals surface area contributed by atoms with E-state index in [0.29, 0.717) is 37.1 Å². The van der Waals surface area contributed by atoms with E-state index < -0.39 is 12.0 Å². The molecule has 1 atom stereocenters. The number of ether oxygens (including phenoxy) is 1. The number of hydrogen-bond acceptors (Lipinski definition) is 7. The first-order chi connectivity index (χ1) is 17.0. The number of aliphatic imine (C=N–C) groups is 1. The molecule has 10 heteroatoms. The summed E-state index contributed by atoms with van der Waals surface area (Å²) in [6.07, 6.45) is 2.17. The fraction of sp³-hybridized carbons (Fsp3) is 0.360. The monoisotopic (exact) mass is 478 g/mol. The van der Waals surface area contributed by atoms with Gasteiger partial charge in [0.1, 0.15) is 11.8 Å². The average molecular weight is 479 g/mol. The molecule has 0 fully saturated rings. The van der Waals surface area contributed by atoms with Crippen LogP contribution in [0.5, 0.6) is 5.75 Å². The van der Waals surface area contributed by atoms with Crippen LogP contribution in [0.15, 0.2) is 47.5 Å². The standard InChI is InChI=1S/C25H30N6O4/c1-16-5-10-19-20(14-16)29-25(28-19)30-21(23(33)34)15-17-6-8-18(9-7-17)35-13-2-4-22(32)31-24-26-11-3-12-27-24/h5-10,14,21H,2-4,11-13,15H2,1H3,(H,33,34)(H2,28,29,30)(H2,26,27,31,32). The Morgan fingerprint density at radius 1 is 1.20 bits per heavy atom. The molecule has 3 aromatic rings. The molecule has 1 aromatic heterocycles. The van der Waals surface area contributed by atoms with Gasteiger partial charge in [-0.1, -0.05) is 18.2 Å². The molecular formula is C25H30N6O4. The van der Waals surface area contributed by atoms with Crippen molar-refractivity contribution in [3.63, 3.8) is 0 Å². The van der Waals surface area contributed by atoms with E-state index in [9.17, 15) is 14.7 Å². The largest absolute Gasteiger partial charge is 0.494 e. The van der Waals surface area contributed by atoms with Crippen molar-refractivity contribution >= 4 is 34.8 Å². The van der Waals surface area contributed by atoms with Crippen molar-refractivity contribution in [2.75, 3.05) is 25.0 Å². The lowest BCUT2D eigenvalue weighted by molar-refractivity contribution is -0.137. The Kier molecular flexibility index (Phi) is 7.81. The summed E-state index contributed by atoms with van der Waals surface area (Å²) in [5.74, 6) is 0.578. The Hall–Kier alpha value is -4.08. The van der Waals surface area contributed by atoms with E-state index in [4.69, 9.17) is 4.74 Å². The van der Waals surface area contributed by atoms with Gasteiger partial charge < -0.3 is 25.5 Å². The predicted octanol–water partition coefficient (Wildman–Crippen LogP) is 2.60. The molecule has 1 amide bonds. The second-order valence-electron chi connectivity index (χ2n) is 8.50. The minimum Gasteiger partial charge on any atom is -0.494 e. The summed E-state index contributed by atoms with van der Waals surface area (Å²) in [5, 5.41) is 18.5. The van der Waals surface area contributed by atoms with Crippen LogP contribution in [0.25, 0.3) is 11.0 Å². The van der Waals surface area contributed by atoms with E-state index in [1.807, 2.05) is 37.3 Å². The molecule has 1 aliphatic heterocycles. The minimum atomic E-state index is -0.963. The van der Waals surface area contributed by atoms with Gasteiger partial charge in [0.2, 0.25) is 11.9 Å². The lowest BCUT2D eigenvalue weighted by atomic mass is 10.1. The van der Waals surface area contributed by atoms with Crippen molar-refractivity contribution in [2.24, 2.45) is 4.99 Å². The highest BCUT2D eigenvalue weighted by atomic mass is 16.5. The molecule has 0 radical (unpaired) electrons. The number of fused-ring (bicyclic) bond motifs is 1. The number of aryl methyl sites for hydroxylation is 1. The molecule has 0 aliphatic carbocycles. The van der Waals surface area contributed by atoms with Crippen LogP contribution in [-0.4, -0.2) is 58.6 Å². The van der Waals surface area contributed by atoms with Gasteiger partial charge in [-0.2, -0.15) is 0 Å². The number of hydrogen-bond donors (Lipinski definition) is 5. The number of aromatic amines is 1. The van der Waals surface area contributed by atoms with Crippen LogP contribution >= 0.6 is 0 Å². The van der Waals surface area contributed by atoms with Crippen molar-refractivity contribution in [3.8, 4) is 5.75 Å². The SMILES string of the molecule is Cc1ccc2nc(NC(Cc3ccc(OCCCC(=O)NC4=NCCCN4)cc3)C(=O)O)[nH]c2c1. The lowest BCUT2D eigenvalue weighted by Gasteiger charge is -2.15. The van der Waals surface area contributed by atoms with Crippen LogP contribution in [0.2, 0.25) is 0 Å². The molecule has 0 bridgehead atoms. The number of nitrogens with zero attached hydrogens (tertiary/aromatic N) is 2. The van der Waals surface area contributed by atoms with Crippen LogP contribution in [0.1, 0.15) is 30.4 Å². The molecule has 2 heterocycles. The zero-order chi connectivity index (χ0) is 24.6. The fourth-order valence-electron chi connectivity index (χ4n) is 3.75. The summed E-state index contributed by atoms with van der Waals surface area (Å²) in [4.78, 5) is 35.6. The van der Waals surface area contributed by atoms with Crippen molar-refractivity contribution in [2.45, 2.75) is 38.6 Å². The molecule has 35 heavy (non-hydrogen) atoms. The molecule has 184 valence electrons. The van der Waals surface area contributed by atoms with E-state index >= 15 is 0 Å². The van der Waals surface area contributed by atoms with Gasteiger partial charge in [0.05, 0.1) is 17.6 Å². The molecule has 2 aromatic carbocycles. The number of anilines is 1. The highest BCUT2D eigenvalue weighted by molar-refractivity contribution is 5.97. The van der Waals surface area contributed by atoms with E-state index in [1.165, 1.54) is 0 Å². The predicted molar refractivity (Wildman–Crippen MR) is 134 cm³/mol. The van der Waals surface area contributed by atoms with Crippen LogP contribution in [0.4, 0.5) is 5.95 Å². The second-order valence-corrected chi connectivity index (χ2v) is 8.50. The summed E-state index contributed by atoms with van der Waals surface area (Å²) in [6.45, 7) is 3.94. The van der Waals surface area contributed by atoms with Gasteiger partial charge >= 0.3 is 5.97 Å². The van der Waals surface area contributed by atoms with Gasteiger partial charge in [0.25, 0.3) is 0 Å². The summed E-state index contributed by atoms with van der Waals surface area (Å²) in [5.41, 5.74) is 3.58. The Morgan fingerprint density at radius 3 is 2.77 bits per heavy atom. The first kappa shape index (κ1) is 24.1. The van der Waals surface area contributed by atoms with E-state index in [1.54, 1.807) is 12.1 Å². The third-order valence-corrected chi connectivity index (χ3v) is 5.58. The van der Waals surface area contributed by atoms with E-state index in [0.717, 1.165) is 41.7 Å². The summed E-state index contributed by atoms with van der Waals surface area (Å²) < 4.78 is 5.72. The molecule has 0 saturated heterocycles. The number of carbonyl (C=O) groups excluding carboxylic acids is 1. The van der Waals surface area contributed by atoms with E-state index in [2.05, 4.69) is 30.9 Å². The number of benzene rings is 2. The number of rotatable bonds is 10. The molecule has 0 saturated carbocycles. The van der Waals surface area contributed by atoms with Crippen LogP contribution in [0.3, 0.4) is 0 Å². The Morgan fingerprint density at radius 2 is 2.03 bits per heavy atom. The highest BCUT2D eigenvalue weighted by Crippen LogP contribution is 2.18. The van der Waals surface area contributed by atoms with E-state index in [-0.39, 0.29) is 12.3 Å². The maximum Gasteiger partial charge on any atom is 0.326 e. The van der Waals surface area contributed by atoms with Gasteiger partial charge in [-0.15, -0.1) is 0 Å². The van der Waals surface area contributed by atoms with Crippen molar-refractivity contribution in [1.82, 2.24) is 20.6 Å². The molecule has 10 nitrogen and oxygen atoms in total.